The van der Waals surface area contributed by atoms with Crippen LogP contribution in [0, 0.1) is 27.9 Å². The molecule has 5 atom stereocenters. The van der Waals surface area contributed by atoms with Crippen LogP contribution in [-0.4, -0.2) is 39.6 Å². The molecule has 0 aromatic heterocycles. The Bertz CT molecular complexity index is 883. The highest BCUT2D eigenvalue weighted by atomic mass is 16.6. The molecule has 1 aliphatic heterocycles. The molecule has 1 N–H and O–H groups in total. The van der Waals surface area contributed by atoms with Crippen molar-refractivity contribution in [3.8, 4) is 0 Å². The molecular weight excluding hydrogens is 362 g/mol. The molecular formula is C20H23N3O5. The smallest absolute Gasteiger partial charge is 0.282 e. The van der Waals surface area contributed by atoms with Crippen LogP contribution in [0.3, 0.4) is 0 Å². The van der Waals surface area contributed by atoms with Gasteiger partial charge in [0, 0.05) is 12.1 Å². The summed E-state index contributed by atoms with van der Waals surface area (Å²) in [4.78, 5) is 49.6. The summed E-state index contributed by atoms with van der Waals surface area (Å²) < 4.78 is 0. The molecule has 2 fully saturated rings. The Morgan fingerprint density at radius 1 is 1.21 bits per heavy atom. The maximum absolute atomic E-state index is 12.8. The number of hydrogen-bond donors (Lipinski definition) is 1. The number of carbonyl (C=O) groups excluding carboxylic acids is 3. The molecule has 8 heteroatoms. The molecule has 8 nitrogen and oxygen atoms in total. The Morgan fingerprint density at radius 3 is 2.57 bits per heavy atom. The van der Waals surface area contributed by atoms with E-state index in [0.29, 0.717) is 11.8 Å². The van der Waals surface area contributed by atoms with Crippen molar-refractivity contribution in [2.24, 2.45) is 17.8 Å². The summed E-state index contributed by atoms with van der Waals surface area (Å²) in [5, 5.41) is 14.2. The average molecular weight is 385 g/mol. The molecule has 1 heterocycles. The number of fused-ring (bicyclic) bond motifs is 3. The quantitative estimate of drug-likeness (QED) is 0.476. The van der Waals surface area contributed by atoms with Crippen LogP contribution in [0.4, 0.5) is 5.69 Å². The van der Waals surface area contributed by atoms with E-state index >= 15 is 0 Å². The number of carbonyl (C=O) groups is 3. The van der Waals surface area contributed by atoms with Gasteiger partial charge in [0.15, 0.2) is 0 Å². The van der Waals surface area contributed by atoms with Crippen molar-refractivity contribution >= 4 is 23.4 Å². The molecule has 3 aliphatic rings. The Morgan fingerprint density at radius 2 is 1.96 bits per heavy atom. The third-order valence-corrected chi connectivity index (χ3v) is 6.69. The fraction of sp³-hybridized carbons (Fsp3) is 0.550. The minimum absolute atomic E-state index is 0.0278. The number of imide groups is 1. The number of hydrogen-bond acceptors (Lipinski definition) is 5. The van der Waals surface area contributed by atoms with Gasteiger partial charge in [-0.3, -0.25) is 29.4 Å². The molecule has 2 aliphatic carbocycles. The van der Waals surface area contributed by atoms with Crippen molar-refractivity contribution in [2.45, 2.75) is 51.6 Å². The number of benzene rings is 1. The first-order valence-corrected chi connectivity index (χ1v) is 9.75. The minimum Gasteiger partial charge on any atom is -0.352 e. The molecule has 148 valence electrons. The van der Waals surface area contributed by atoms with Gasteiger partial charge in [-0.05, 0) is 56.9 Å². The zero-order chi connectivity index (χ0) is 20.2. The van der Waals surface area contributed by atoms with Gasteiger partial charge < -0.3 is 5.32 Å². The molecule has 0 radical (unpaired) electrons. The molecule has 2 bridgehead atoms. The van der Waals surface area contributed by atoms with E-state index in [1.54, 1.807) is 0 Å². The van der Waals surface area contributed by atoms with Gasteiger partial charge in [0.1, 0.15) is 11.6 Å². The second kappa shape index (κ2) is 6.68. The highest BCUT2D eigenvalue weighted by Gasteiger charge is 2.46. The van der Waals surface area contributed by atoms with E-state index in [0.717, 1.165) is 17.2 Å². The second-order valence-corrected chi connectivity index (χ2v) is 8.25. The van der Waals surface area contributed by atoms with Gasteiger partial charge in [0.2, 0.25) is 5.91 Å². The van der Waals surface area contributed by atoms with Gasteiger partial charge in [-0.25, -0.2) is 0 Å². The Hall–Kier alpha value is -2.77. The fourth-order valence-corrected chi connectivity index (χ4v) is 5.27. The molecule has 0 saturated heterocycles. The first-order chi connectivity index (χ1) is 13.3. The number of nitro groups is 1. The average Bonchev–Trinajstić information content (AvgIpc) is 3.35. The zero-order valence-corrected chi connectivity index (χ0v) is 15.9. The van der Waals surface area contributed by atoms with Crippen LogP contribution in [-0.2, 0) is 4.79 Å². The van der Waals surface area contributed by atoms with Crippen LogP contribution in [0.5, 0.6) is 0 Å². The molecule has 5 unspecified atom stereocenters. The van der Waals surface area contributed by atoms with Crippen molar-refractivity contribution in [3.63, 3.8) is 0 Å². The zero-order valence-electron chi connectivity index (χ0n) is 15.9. The van der Waals surface area contributed by atoms with E-state index in [9.17, 15) is 24.5 Å². The van der Waals surface area contributed by atoms with Crippen molar-refractivity contribution in [1.82, 2.24) is 10.2 Å². The summed E-state index contributed by atoms with van der Waals surface area (Å²) in [5.41, 5.74) is -0.681. The lowest BCUT2D eigenvalue weighted by Gasteiger charge is -2.30. The van der Waals surface area contributed by atoms with Gasteiger partial charge in [-0.2, -0.15) is 0 Å². The Kier molecular flexibility index (Phi) is 4.44. The Balaban J connectivity index is 1.50. The molecule has 28 heavy (non-hydrogen) atoms. The maximum Gasteiger partial charge on any atom is 0.282 e. The standard InChI is InChI=1S/C20H23N3O5/c1-10(15-9-12-6-7-13(15)8-12)21-18(24)11(2)22-19(25)14-4-3-5-16(23(27)28)17(14)20(22)26/h3-5,10-13,15H,6-9H2,1-2H3,(H,21,24). The Labute approximate surface area is 162 Å². The van der Waals surface area contributed by atoms with E-state index in [4.69, 9.17) is 0 Å². The number of rotatable bonds is 5. The van der Waals surface area contributed by atoms with Crippen LogP contribution in [0.25, 0.3) is 0 Å². The van der Waals surface area contributed by atoms with Crippen LogP contribution in [0.15, 0.2) is 18.2 Å². The first kappa shape index (κ1) is 18.6. The van der Waals surface area contributed by atoms with Crippen LogP contribution in [0.2, 0.25) is 0 Å². The van der Waals surface area contributed by atoms with Gasteiger partial charge in [0.05, 0.1) is 10.5 Å². The van der Waals surface area contributed by atoms with Crippen LogP contribution >= 0.6 is 0 Å². The van der Waals surface area contributed by atoms with E-state index in [2.05, 4.69) is 5.32 Å². The third-order valence-electron chi connectivity index (χ3n) is 6.69. The molecule has 4 rings (SSSR count). The lowest BCUT2D eigenvalue weighted by atomic mass is 9.84. The summed E-state index contributed by atoms with van der Waals surface area (Å²) in [5.74, 6) is -0.0480. The maximum atomic E-state index is 12.8. The summed E-state index contributed by atoms with van der Waals surface area (Å²) in [6.45, 7) is 3.46. The topological polar surface area (TPSA) is 110 Å². The summed E-state index contributed by atoms with van der Waals surface area (Å²) >= 11 is 0. The molecule has 2 saturated carbocycles. The monoisotopic (exact) mass is 385 g/mol. The summed E-state index contributed by atoms with van der Waals surface area (Å²) in [6, 6.07) is 2.87. The summed E-state index contributed by atoms with van der Waals surface area (Å²) in [6.07, 6.45) is 4.81. The summed E-state index contributed by atoms with van der Waals surface area (Å²) in [7, 11) is 0. The predicted octanol–water partition coefficient (Wildman–Crippen LogP) is 2.52. The van der Waals surface area contributed by atoms with Crippen molar-refractivity contribution < 1.29 is 19.3 Å². The van der Waals surface area contributed by atoms with Gasteiger partial charge in [-0.1, -0.05) is 12.5 Å². The third kappa shape index (κ3) is 2.78. The molecule has 1 aromatic carbocycles. The number of nitro benzene ring substituents is 1. The first-order valence-electron chi connectivity index (χ1n) is 9.75. The fourth-order valence-electron chi connectivity index (χ4n) is 5.27. The van der Waals surface area contributed by atoms with Gasteiger partial charge in [0.25, 0.3) is 17.5 Å². The number of nitrogens with one attached hydrogen (secondary N) is 1. The van der Waals surface area contributed by atoms with E-state index in [1.165, 1.54) is 44.4 Å². The van der Waals surface area contributed by atoms with Crippen molar-refractivity contribution in [2.75, 3.05) is 0 Å². The number of nitrogens with zero attached hydrogens (tertiary/aromatic N) is 2. The van der Waals surface area contributed by atoms with Gasteiger partial charge >= 0.3 is 0 Å². The van der Waals surface area contributed by atoms with Crippen LogP contribution < -0.4 is 5.32 Å². The highest BCUT2D eigenvalue weighted by Crippen LogP contribution is 2.49. The van der Waals surface area contributed by atoms with E-state index in [1.807, 2.05) is 6.92 Å². The highest BCUT2D eigenvalue weighted by molar-refractivity contribution is 6.24. The molecule has 1 aromatic rings. The SMILES string of the molecule is CC(NC(=O)C(C)N1C(=O)c2cccc([N+](=O)[O-])c2C1=O)C1CC2CCC1C2. The molecule has 0 spiro atoms. The van der Waals surface area contributed by atoms with Crippen LogP contribution in [0.1, 0.15) is 60.2 Å². The van der Waals surface area contributed by atoms with E-state index in [-0.39, 0.29) is 17.2 Å². The van der Waals surface area contributed by atoms with Gasteiger partial charge in [-0.15, -0.1) is 0 Å². The van der Waals surface area contributed by atoms with Crippen molar-refractivity contribution in [3.05, 3.63) is 39.4 Å². The second-order valence-electron chi connectivity index (χ2n) is 8.25. The minimum atomic E-state index is -1.03. The lowest BCUT2D eigenvalue weighted by molar-refractivity contribution is -0.385. The lowest BCUT2D eigenvalue weighted by Crippen LogP contribution is -2.51. The van der Waals surface area contributed by atoms with E-state index < -0.39 is 34.4 Å². The van der Waals surface area contributed by atoms with Crippen molar-refractivity contribution in [1.29, 1.82) is 0 Å². The molecule has 3 amide bonds. The predicted molar refractivity (Wildman–Crippen MR) is 99.6 cm³/mol. The normalized spacial score (nSPS) is 27.6. The largest absolute Gasteiger partial charge is 0.352 e. The number of amides is 3.